The molecule has 0 unspecified atom stereocenters. The van der Waals surface area contributed by atoms with E-state index in [2.05, 4.69) is 0 Å². The van der Waals surface area contributed by atoms with Crippen LogP contribution in [0, 0.1) is 6.92 Å². The van der Waals surface area contributed by atoms with Crippen LogP contribution in [0.1, 0.15) is 21.5 Å². The van der Waals surface area contributed by atoms with Gasteiger partial charge in [0.15, 0.2) is 0 Å². The Morgan fingerprint density at radius 1 is 0.871 bits per heavy atom. The third kappa shape index (κ3) is 5.06. The Kier molecular flexibility index (Phi) is 6.65. The van der Waals surface area contributed by atoms with Crippen LogP contribution >= 0.6 is 0 Å². The van der Waals surface area contributed by atoms with E-state index in [9.17, 15) is 13.2 Å². The van der Waals surface area contributed by atoms with E-state index in [-0.39, 0.29) is 10.8 Å². The second-order valence-corrected chi connectivity index (χ2v) is 9.31. The quantitative estimate of drug-likeness (QED) is 0.557. The lowest BCUT2D eigenvalue weighted by atomic mass is 10.1. The van der Waals surface area contributed by atoms with Gasteiger partial charge in [0.2, 0.25) is 0 Å². The van der Waals surface area contributed by atoms with Gasteiger partial charge in [-0.1, -0.05) is 29.8 Å². The summed E-state index contributed by atoms with van der Waals surface area (Å²) < 4.78 is 32.1. The maximum Gasteiger partial charge on any atom is 0.264 e. The lowest BCUT2D eigenvalue weighted by molar-refractivity contribution is 0.0785. The molecule has 0 N–H and O–H groups in total. The van der Waals surface area contributed by atoms with E-state index in [1.54, 1.807) is 67.6 Å². The molecular formula is C24H26N2O4S. The Morgan fingerprint density at radius 3 is 2.00 bits per heavy atom. The van der Waals surface area contributed by atoms with Crippen molar-refractivity contribution in [2.75, 3.05) is 25.5 Å². The number of ether oxygens (including phenoxy) is 1. The van der Waals surface area contributed by atoms with Crippen LogP contribution in [0.15, 0.2) is 77.7 Å². The van der Waals surface area contributed by atoms with Crippen molar-refractivity contribution >= 4 is 21.6 Å². The van der Waals surface area contributed by atoms with E-state index in [4.69, 9.17) is 4.74 Å². The standard InChI is InChI=1S/C24H26N2O4S/c1-18-5-15-23(16-6-18)31(28,29)26(3)21-11-9-20(10-12-21)24(27)25(2)17-19-7-13-22(30-4)14-8-19/h5-16H,17H2,1-4H3. The van der Waals surface area contributed by atoms with E-state index >= 15 is 0 Å². The summed E-state index contributed by atoms with van der Waals surface area (Å²) in [4.78, 5) is 14.6. The van der Waals surface area contributed by atoms with Crippen LogP contribution in [0.5, 0.6) is 5.75 Å². The monoisotopic (exact) mass is 438 g/mol. The number of sulfonamides is 1. The summed E-state index contributed by atoms with van der Waals surface area (Å²) in [5, 5.41) is 0. The Balaban J connectivity index is 1.72. The number of anilines is 1. The highest BCUT2D eigenvalue weighted by Crippen LogP contribution is 2.23. The van der Waals surface area contributed by atoms with Gasteiger partial charge in [-0.05, 0) is 61.0 Å². The lowest BCUT2D eigenvalue weighted by Gasteiger charge is -2.21. The summed E-state index contributed by atoms with van der Waals surface area (Å²) in [6.07, 6.45) is 0. The SMILES string of the molecule is COc1ccc(CN(C)C(=O)c2ccc(N(C)S(=O)(=O)c3ccc(C)cc3)cc2)cc1. The molecule has 3 rings (SSSR count). The molecule has 0 saturated heterocycles. The molecule has 31 heavy (non-hydrogen) atoms. The van der Waals surface area contributed by atoms with Gasteiger partial charge in [0.05, 0.1) is 17.7 Å². The van der Waals surface area contributed by atoms with Crippen molar-refractivity contribution < 1.29 is 17.9 Å². The van der Waals surface area contributed by atoms with Crippen molar-refractivity contribution in [1.29, 1.82) is 0 Å². The maximum atomic E-state index is 12.9. The number of amides is 1. The van der Waals surface area contributed by atoms with Crippen LogP contribution in [0.4, 0.5) is 5.69 Å². The molecule has 0 spiro atoms. The minimum Gasteiger partial charge on any atom is -0.497 e. The second-order valence-electron chi connectivity index (χ2n) is 7.34. The van der Waals surface area contributed by atoms with E-state index in [1.165, 1.54) is 11.4 Å². The molecule has 0 bridgehead atoms. The van der Waals surface area contributed by atoms with Gasteiger partial charge in [-0.2, -0.15) is 0 Å². The molecule has 7 heteroatoms. The molecule has 0 aliphatic heterocycles. The Bertz CT molecular complexity index is 1140. The molecule has 0 radical (unpaired) electrons. The van der Waals surface area contributed by atoms with Gasteiger partial charge in [0, 0.05) is 26.2 Å². The summed E-state index contributed by atoms with van der Waals surface area (Å²) in [6, 6.07) is 20.8. The first-order chi connectivity index (χ1) is 14.7. The van der Waals surface area contributed by atoms with Gasteiger partial charge in [-0.25, -0.2) is 8.42 Å². The molecule has 0 aliphatic rings. The number of nitrogens with zero attached hydrogens (tertiary/aromatic N) is 2. The third-order valence-corrected chi connectivity index (χ3v) is 6.88. The summed E-state index contributed by atoms with van der Waals surface area (Å²) in [5.41, 5.74) is 2.94. The molecule has 0 saturated carbocycles. The molecule has 3 aromatic carbocycles. The van der Waals surface area contributed by atoms with Gasteiger partial charge in [0.25, 0.3) is 15.9 Å². The Morgan fingerprint density at radius 2 is 1.45 bits per heavy atom. The highest BCUT2D eigenvalue weighted by atomic mass is 32.2. The molecule has 0 aromatic heterocycles. The molecule has 0 heterocycles. The predicted molar refractivity (Wildman–Crippen MR) is 122 cm³/mol. The maximum absolute atomic E-state index is 12.9. The number of benzene rings is 3. The number of methoxy groups -OCH3 is 1. The van der Waals surface area contributed by atoms with E-state index < -0.39 is 10.0 Å². The molecule has 0 aliphatic carbocycles. The summed E-state index contributed by atoms with van der Waals surface area (Å²) in [7, 11) is 1.16. The largest absolute Gasteiger partial charge is 0.497 e. The van der Waals surface area contributed by atoms with Crippen LogP contribution in [0.2, 0.25) is 0 Å². The Hall–Kier alpha value is -3.32. The Labute approximate surface area is 183 Å². The van der Waals surface area contributed by atoms with Gasteiger partial charge >= 0.3 is 0 Å². The zero-order chi connectivity index (χ0) is 22.6. The van der Waals surface area contributed by atoms with Crippen LogP contribution in [-0.2, 0) is 16.6 Å². The van der Waals surface area contributed by atoms with Crippen molar-refractivity contribution in [2.45, 2.75) is 18.4 Å². The summed E-state index contributed by atoms with van der Waals surface area (Å²) in [5.74, 6) is 0.615. The number of carbonyl (C=O) groups excluding carboxylic acids is 1. The van der Waals surface area contributed by atoms with Gasteiger partial charge in [-0.3, -0.25) is 9.10 Å². The van der Waals surface area contributed by atoms with E-state index in [1.807, 2.05) is 31.2 Å². The smallest absolute Gasteiger partial charge is 0.264 e. The van der Waals surface area contributed by atoms with Crippen molar-refractivity contribution in [3.8, 4) is 5.75 Å². The topological polar surface area (TPSA) is 66.9 Å². The average molecular weight is 439 g/mol. The number of aryl methyl sites for hydroxylation is 1. The third-order valence-electron chi connectivity index (χ3n) is 5.08. The van der Waals surface area contributed by atoms with E-state index in [0.29, 0.717) is 17.8 Å². The van der Waals surface area contributed by atoms with Crippen LogP contribution in [0.3, 0.4) is 0 Å². The van der Waals surface area contributed by atoms with Crippen LogP contribution in [0.25, 0.3) is 0 Å². The predicted octanol–water partition coefficient (Wildman–Crippen LogP) is 4.10. The van der Waals surface area contributed by atoms with Crippen molar-refractivity contribution in [1.82, 2.24) is 4.90 Å². The minimum atomic E-state index is -3.68. The fourth-order valence-corrected chi connectivity index (χ4v) is 4.31. The average Bonchev–Trinajstić information content (AvgIpc) is 2.79. The molecule has 3 aromatic rings. The lowest BCUT2D eigenvalue weighted by Crippen LogP contribution is -2.27. The number of carbonyl (C=O) groups is 1. The molecular weight excluding hydrogens is 412 g/mol. The van der Waals surface area contributed by atoms with Crippen LogP contribution in [-0.4, -0.2) is 40.4 Å². The first-order valence-electron chi connectivity index (χ1n) is 9.76. The molecule has 1 amide bonds. The fourth-order valence-electron chi connectivity index (χ4n) is 3.12. The summed E-state index contributed by atoms with van der Waals surface area (Å²) in [6.45, 7) is 2.35. The second kappa shape index (κ2) is 9.22. The normalized spacial score (nSPS) is 11.1. The number of hydrogen-bond donors (Lipinski definition) is 0. The summed E-state index contributed by atoms with van der Waals surface area (Å²) >= 11 is 0. The van der Waals surface area contributed by atoms with Crippen molar-refractivity contribution in [3.63, 3.8) is 0 Å². The van der Waals surface area contributed by atoms with Crippen molar-refractivity contribution in [3.05, 3.63) is 89.5 Å². The highest BCUT2D eigenvalue weighted by Gasteiger charge is 2.21. The highest BCUT2D eigenvalue weighted by molar-refractivity contribution is 7.92. The van der Waals surface area contributed by atoms with Gasteiger partial charge in [-0.15, -0.1) is 0 Å². The van der Waals surface area contributed by atoms with Crippen molar-refractivity contribution in [2.24, 2.45) is 0 Å². The number of hydrogen-bond acceptors (Lipinski definition) is 4. The molecule has 0 atom stereocenters. The number of rotatable bonds is 7. The molecule has 6 nitrogen and oxygen atoms in total. The molecule has 162 valence electrons. The first-order valence-corrected chi connectivity index (χ1v) is 11.2. The fraction of sp³-hybridized carbons (Fsp3) is 0.208. The van der Waals surface area contributed by atoms with Gasteiger partial charge < -0.3 is 9.64 Å². The molecule has 0 fully saturated rings. The minimum absolute atomic E-state index is 0.147. The zero-order valence-electron chi connectivity index (χ0n) is 18.1. The van der Waals surface area contributed by atoms with Crippen LogP contribution < -0.4 is 9.04 Å². The van der Waals surface area contributed by atoms with E-state index in [0.717, 1.165) is 16.9 Å². The first kappa shape index (κ1) is 22.4. The van der Waals surface area contributed by atoms with Gasteiger partial charge in [0.1, 0.15) is 5.75 Å². The zero-order valence-corrected chi connectivity index (χ0v) is 18.9.